The number of nitrogen functional groups attached to an aromatic ring is 1. The first-order chi connectivity index (χ1) is 10.6. The van der Waals surface area contributed by atoms with E-state index in [4.69, 9.17) is 10.5 Å². The molecule has 0 amide bonds. The monoisotopic (exact) mass is 305 g/mol. The number of nitrogens with zero attached hydrogens (tertiary/aromatic N) is 4. The maximum Gasteiger partial charge on any atom is 0.247 e. The van der Waals surface area contributed by atoms with Crippen LogP contribution in [0, 0.1) is 5.41 Å². The van der Waals surface area contributed by atoms with E-state index in [1.807, 2.05) is 13.1 Å². The lowest BCUT2D eigenvalue weighted by Crippen LogP contribution is -2.12. The Morgan fingerprint density at radius 1 is 1.41 bits per heavy atom. The van der Waals surface area contributed by atoms with Gasteiger partial charge in [-0.2, -0.15) is 9.97 Å². The predicted molar refractivity (Wildman–Crippen MR) is 81.0 cm³/mol. The van der Waals surface area contributed by atoms with Gasteiger partial charge in [0.2, 0.25) is 11.8 Å². The number of ether oxygens (including phenoxy) is 1. The molecule has 8 heteroatoms. The summed E-state index contributed by atoms with van der Waals surface area (Å²) in [6.45, 7) is 2.37. The van der Waals surface area contributed by atoms with E-state index in [1.54, 1.807) is 10.9 Å². The highest BCUT2D eigenvalue weighted by Gasteiger charge is 2.48. The van der Waals surface area contributed by atoms with Gasteiger partial charge in [0.15, 0.2) is 11.2 Å². The number of imidazole rings is 1. The molecule has 8 nitrogen and oxygen atoms in total. The van der Waals surface area contributed by atoms with E-state index >= 15 is 0 Å². The maximum atomic E-state index is 9.36. The van der Waals surface area contributed by atoms with Gasteiger partial charge in [-0.15, -0.1) is 0 Å². The van der Waals surface area contributed by atoms with Gasteiger partial charge in [-0.05, 0) is 18.4 Å². The van der Waals surface area contributed by atoms with Crippen molar-refractivity contribution in [3.8, 4) is 5.88 Å². The minimum absolute atomic E-state index is 0.0794. The van der Waals surface area contributed by atoms with Crippen LogP contribution in [0.3, 0.4) is 0 Å². The Labute approximate surface area is 127 Å². The zero-order valence-electron chi connectivity index (χ0n) is 12.4. The van der Waals surface area contributed by atoms with E-state index in [-0.39, 0.29) is 19.2 Å². The Bertz CT molecular complexity index is 721. The quantitative estimate of drug-likeness (QED) is 0.707. The zero-order chi connectivity index (χ0) is 15.7. The number of anilines is 1. The SMILES string of the molecule is CCCOc1nc(N)nc2c1ncn2/C=C1\CC1(CO)CO. The van der Waals surface area contributed by atoms with E-state index in [0.717, 1.165) is 12.0 Å². The number of aliphatic hydroxyl groups excluding tert-OH is 2. The third-order valence-electron chi connectivity index (χ3n) is 3.83. The molecule has 0 aliphatic heterocycles. The standard InChI is InChI=1S/C14H19N5O3/c1-2-3-22-12-10-11(17-13(15)18-12)19(8-16-10)5-9-4-14(9,6-20)7-21/h5,8,20-21H,2-4,6-7H2,1H3,(H2,15,17,18)/b9-5+. The van der Waals surface area contributed by atoms with Gasteiger partial charge < -0.3 is 20.7 Å². The Morgan fingerprint density at radius 2 is 2.18 bits per heavy atom. The van der Waals surface area contributed by atoms with Crippen LogP contribution in [0.1, 0.15) is 19.8 Å². The lowest BCUT2D eigenvalue weighted by atomic mass is 10.1. The van der Waals surface area contributed by atoms with Gasteiger partial charge in [-0.25, -0.2) is 4.98 Å². The van der Waals surface area contributed by atoms with Crippen molar-refractivity contribution in [2.45, 2.75) is 19.8 Å². The second kappa shape index (κ2) is 5.54. The third kappa shape index (κ3) is 2.40. The van der Waals surface area contributed by atoms with Crippen LogP contribution < -0.4 is 10.5 Å². The zero-order valence-corrected chi connectivity index (χ0v) is 12.4. The fourth-order valence-corrected chi connectivity index (χ4v) is 2.34. The van der Waals surface area contributed by atoms with Crippen molar-refractivity contribution >= 4 is 23.3 Å². The molecule has 0 spiro atoms. The Balaban J connectivity index is 1.99. The van der Waals surface area contributed by atoms with Crippen LogP contribution in [0.2, 0.25) is 0 Å². The first-order valence-electron chi connectivity index (χ1n) is 7.19. The topological polar surface area (TPSA) is 119 Å². The molecule has 0 aromatic carbocycles. The lowest BCUT2D eigenvalue weighted by Gasteiger charge is -2.06. The average Bonchev–Trinajstić information content (AvgIpc) is 3.09. The molecule has 0 radical (unpaired) electrons. The maximum absolute atomic E-state index is 9.36. The minimum atomic E-state index is -0.517. The summed E-state index contributed by atoms with van der Waals surface area (Å²) in [6, 6.07) is 0. The summed E-state index contributed by atoms with van der Waals surface area (Å²) in [5.74, 6) is 0.484. The summed E-state index contributed by atoms with van der Waals surface area (Å²) in [4.78, 5) is 12.6. The summed E-state index contributed by atoms with van der Waals surface area (Å²) >= 11 is 0. The number of aromatic nitrogens is 4. The van der Waals surface area contributed by atoms with Crippen LogP contribution in [-0.2, 0) is 0 Å². The molecule has 1 saturated carbocycles. The fourth-order valence-electron chi connectivity index (χ4n) is 2.34. The summed E-state index contributed by atoms with van der Waals surface area (Å²) in [6.07, 6.45) is 4.92. The average molecular weight is 305 g/mol. The van der Waals surface area contributed by atoms with Crippen molar-refractivity contribution in [2.24, 2.45) is 5.41 Å². The second-order valence-electron chi connectivity index (χ2n) is 5.49. The first kappa shape index (κ1) is 14.7. The highest BCUT2D eigenvalue weighted by atomic mass is 16.5. The van der Waals surface area contributed by atoms with E-state index in [0.29, 0.717) is 30.1 Å². The molecule has 3 rings (SSSR count). The molecule has 0 atom stereocenters. The summed E-state index contributed by atoms with van der Waals surface area (Å²) in [7, 11) is 0. The molecule has 0 unspecified atom stereocenters. The number of hydrogen-bond donors (Lipinski definition) is 3. The molecule has 22 heavy (non-hydrogen) atoms. The number of hydrogen-bond acceptors (Lipinski definition) is 7. The van der Waals surface area contributed by atoms with Crippen molar-refractivity contribution in [2.75, 3.05) is 25.6 Å². The normalized spacial score (nSPS) is 18.0. The van der Waals surface area contributed by atoms with Crippen LogP contribution in [0.5, 0.6) is 5.88 Å². The lowest BCUT2D eigenvalue weighted by molar-refractivity contribution is 0.143. The molecule has 1 fully saturated rings. The Hall–Kier alpha value is -2.19. The first-order valence-corrected chi connectivity index (χ1v) is 7.19. The molecule has 2 aromatic rings. The van der Waals surface area contributed by atoms with Gasteiger partial charge in [-0.1, -0.05) is 6.92 Å². The van der Waals surface area contributed by atoms with E-state index in [1.165, 1.54) is 0 Å². The fraction of sp³-hybridized carbons (Fsp3) is 0.500. The van der Waals surface area contributed by atoms with Crippen molar-refractivity contribution < 1.29 is 14.9 Å². The van der Waals surface area contributed by atoms with E-state index in [2.05, 4.69) is 15.0 Å². The van der Waals surface area contributed by atoms with E-state index in [9.17, 15) is 10.2 Å². The molecular weight excluding hydrogens is 286 g/mol. The number of aliphatic hydroxyl groups is 2. The molecule has 2 heterocycles. The summed E-state index contributed by atoms with van der Waals surface area (Å²) < 4.78 is 7.28. The van der Waals surface area contributed by atoms with Crippen LogP contribution in [0.4, 0.5) is 5.95 Å². The van der Waals surface area contributed by atoms with Gasteiger partial charge in [-0.3, -0.25) is 4.57 Å². The van der Waals surface area contributed by atoms with Crippen LogP contribution in [0.15, 0.2) is 11.9 Å². The second-order valence-corrected chi connectivity index (χ2v) is 5.49. The van der Waals surface area contributed by atoms with Crippen molar-refractivity contribution in [3.05, 3.63) is 11.9 Å². The predicted octanol–water partition coefficient (Wildman–Crippen LogP) is 0.413. The van der Waals surface area contributed by atoms with Gasteiger partial charge in [0.25, 0.3) is 0 Å². The molecule has 0 saturated heterocycles. The van der Waals surface area contributed by atoms with Crippen LogP contribution in [-0.4, -0.2) is 49.6 Å². The largest absolute Gasteiger partial charge is 0.476 e. The smallest absolute Gasteiger partial charge is 0.247 e. The van der Waals surface area contributed by atoms with Gasteiger partial charge in [0.05, 0.1) is 19.8 Å². The van der Waals surface area contributed by atoms with E-state index < -0.39 is 5.41 Å². The van der Waals surface area contributed by atoms with Crippen LogP contribution >= 0.6 is 0 Å². The highest BCUT2D eigenvalue weighted by molar-refractivity contribution is 5.79. The third-order valence-corrected chi connectivity index (χ3v) is 3.83. The van der Waals surface area contributed by atoms with Crippen molar-refractivity contribution in [3.63, 3.8) is 0 Å². The molecular formula is C14H19N5O3. The molecule has 0 bridgehead atoms. The van der Waals surface area contributed by atoms with Gasteiger partial charge in [0, 0.05) is 11.6 Å². The summed E-state index contributed by atoms with van der Waals surface area (Å²) in [5.41, 5.74) is 7.25. The van der Waals surface area contributed by atoms with Gasteiger partial charge in [0.1, 0.15) is 6.33 Å². The number of rotatable bonds is 6. The molecule has 1 aliphatic carbocycles. The van der Waals surface area contributed by atoms with Crippen LogP contribution in [0.25, 0.3) is 17.4 Å². The molecule has 2 aromatic heterocycles. The molecule has 4 N–H and O–H groups in total. The number of nitrogens with two attached hydrogens (primary N) is 1. The number of fused-ring (bicyclic) bond motifs is 1. The highest BCUT2D eigenvalue weighted by Crippen LogP contribution is 2.51. The van der Waals surface area contributed by atoms with Gasteiger partial charge >= 0.3 is 0 Å². The van der Waals surface area contributed by atoms with Crippen molar-refractivity contribution in [1.82, 2.24) is 19.5 Å². The summed E-state index contributed by atoms with van der Waals surface area (Å²) in [5, 5.41) is 18.7. The Morgan fingerprint density at radius 3 is 2.82 bits per heavy atom. The minimum Gasteiger partial charge on any atom is -0.476 e. The Kier molecular flexibility index (Phi) is 3.71. The molecule has 118 valence electrons. The van der Waals surface area contributed by atoms with Crippen molar-refractivity contribution in [1.29, 1.82) is 0 Å². The molecule has 1 aliphatic rings.